The molecule has 1 aliphatic heterocycles. The molecule has 0 radical (unpaired) electrons. The lowest BCUT2D eigenvalue weighted by atomic mass is 10.1. The molecule has 0 saturated carbocycles. The molecule has 0 unspecified atom stereocenters. The summed E-state index contributed by atoms with van der Waals surface area (Å²) in [6.45, 7) is 4.35. The van der Waals surface area contributed by atoms with E-state index < -0.39 is 12.0 Å². The van der Waals surface area contributed by atoms with Crippen molar-refractivity contribution < 1.29 is 24.2 Å². The lowest BCUT2D eigenvalue weighted by Gasteiger charge is -2.32. The predicted molar refractivity (Wildman–Crippen MR) is 75.4 cm³/mol. The molecule has 114 valence electrons. The molecule has 0 spiro atoms. The van der Waals surface area contributed by atoms with Crippen LogP contribution in [-0.4, -0.2) is 54.3 Å². The number of hydrogen-bond donors (Lipinski definition) is 1. The van der Waals surface area contributed by atoms with Crippen LogP contribution in [0.5, 0.6) is 5.75 Å². The Morgan fingerprint density at radius 3 is 2.86 bits per heavy atom. The van der Waals surface area contributed by atoms with E-state index >= 15 is 0 Å². The molecule has 1 saturated heterocycles. The Bertz CT molecular complexity index is 543. The van der Waals surface area contributed by atoms with Crippen molar-refractivity contribution in [2.45, 2.75) is 19.9 Å². The summed E-state index contributed by atoms with van der Waals surface area (Å²) in [6, 6.07) is 4.75. The first kappa shape index (κ1) is 15.3. The molecule has 6 heteroatoms. The zero-order chi connectivity index (χ0) is 15.4. The van der Waals surface area contributed by atoms with Crippen molar-refractivity contribution in [2.75, 3.05) is 26.4 Å². The number of benzene rings is 1. The van der Waals surface area contributed by atoms with Crippen LogP contribution in [0.15, 0.2) is 18.2 Å². The first-order valence-electron chi connectivity index (χ1n) is 6.79. The predicted octanol–water partition coefficient (Wildman–Crippen LogP) is 0.994. The fourth-order valence-corrected chi connectivity index (χ4v) is 2.29. The third-order valence-electron chi connectivity index (χ3n) is 3.42. The maximum absolute atomic E-state index is 12.1. The standard InChI is InChI=1S/C15H19NO5/c1-10-3-4-13(11(2)7-10)21-9-14(17)16-5-6-20-8-12(16)15(18)19/h3-4,7,12H,5-6,8-9H2,1-2H3,(H,18,19)/t12-/m0/s1. The van der Waals surface area contributed by atoms with Gasteiger partial charge in [0.2, 0.25) is 0 Å². The molecule has 1 aliphatic rings. The first-order chi connectivity index (χ1) is 9.99. The number of carboxylic acids is 1. The van der Waals surface area contributed by atoms with E-state index in [1.807, 2.05) is 32.0 Å². The fourth-order valence-electron chi connectivity index (χ4n) is 2.29. The number of carboxylic acid groups (broad SMARTS) is 1. The van der Waals surface area contributed by atoms with E-state index in [1.54, 1.807) is 0 Å². The number of morpholine rings is 1. The van der Waals surface area contributed by atoms with Crippen molar-refractivity contribution in [3.05, 3.63) is 29.3 Å². The van der Waals surface area contributed by atoms with Gasteiger partial charge in [0.1, 0.15) is 5.75 Å². The number of carbonyl (C=O) groups excluding carboxylic acids is 1. The van der Waals surface area contributed by atoms with Crippen molar-refractivity contribution in [3.8, 4) is 5.75 Å². The molecule has 0 aromatic heterocycles. The monoisotopic (exact) mass is 293 g/mol. The van der Waals surface area contributed by atoms with Crippen LogP contribution in [0.4, 0.5) is 0 Å². The van der Waals surface area contributed by atoms with Crippen LogP contribution >= 0.6 is 0 Å². The summed E-state index contributed by atoms with van der Waals surface area (Å²) < 4.78 is 10.6. The maximum atomic E-state index is 12.1. The van der Waals surface area contributed by atoms with Gasteiger partial charge in [0.25, 0.3) is 5.91 Å². The number of aliphatic carboxylic acids is 1. The number of rotatable bonds is 4. The van der Waals surface area contributed by atoms with Gasteiger partial charge in [0.05, 0.1) is 13.2 Å². The molecular formula is C15H19NO5. The molecule has 1 N–H and O–H groups in total. The first-order valence-corrected chi connectivity index (χ1v) is 6.79. The molecule has 1 aromatic rings. The van der Waals surface area contributed by atoms with E-state index in [2.05, 4.69) is 0 Å². The number of amides is 1. The smallest absolute Gasteiger partial charge is 0.328 e. The molecule has 2 rings (SSSR count). The summed E-state index contributed by atoms with van der Waals surface area (Å²) >= 11 is 0. The van der Waals surface area contributed by atoms with Crippen molar-refractivity contribution in [3.63, 3.8) is 0 Å². The third-order valence-corrected chi connectivity index (χ3v) is 3.42. The number of hydrogen-bond acceptors (Lipinski definition) is 4. The van der Waals surface area contributed by atoms with Gasteiger partial charge >= 0.3 is 5.97 Å². The topological polar surface area (TPSA) is 76.1 Å². The Labute approximate surface area is 123 Å². The SMILES string of the molecule is Cc1ccc(OCC(=O)N2CCOC[C@H]2C(=O)O)c(C)c1. The van der Waals surface area contributed by atoms with Crippen LogP contribution < -0.4 is 4.74 Å². The lowest BCUT2D eigenvalue weighted by Crippen LogP contribution is -2.53. The Balaban J connectivity index is 1.98. The Morgan fingerprint density at radius 2 is 2.19 bits per heavy atom. The summed E-state index contributed by atoms with van der Waals surface area (Å²) in [5, 5.41) is 9.10. The van der Waals surface area contributed by atoms with Crippen LogP contribution in [0.2, 0.25) is 0 Å². The summed E-state index contributed by atoms with van der Waals surface area (Å²) in [7, 11) is 0. The fraction of sp³-hybridized carbons (Fsp3) is 0.467. The van der Waals surface area contributed by atoms with Gasteiger partial charge in [0.15, 0.2) is 12.6 Å². The Kier molecular flexibility index (Phi) is 4.80. The van der Waals surface area contributed by atoms with Crippen LogP contribution in [0.1, 0.15) is 11.1 Å². The number of aryl methyl sites for hydroxylation is 2. The second-order valence-corrected chi connectivity index (χ2v) is 5.07. The highest BCUT2D eigenvalue weighted by molar-refractivity contribution is 5.84. The minimum Gasteiger partial charge on any atom is -0.483 e. The average Bonchev–Trinajstić information content (AvgIpc) is 2.46. The van der Waals surface area contributed by atoms with Gasteiger partial charge in [-0.15, -0.1) is 0 Å². The maximum Gasteiger partial charge on any atom is 0.328 e. The van der Waals surface area contributed by atoms with E-state index in [0.29, 0.717) is 12.4 Å². The number of carbonyl (C=O) groups is 2. The molecule has 1 heterocycles. The molecule has 21 heavy (non-hydrogen) atoms. The van der Waals surface area contributed by atoms with Gasteiger partial charge in [-0.25, -0.2) is 4.79 Å². The van der Waals surface area contributed by atoms with Gasteiger partial charge in [-0.1, -0.05) is 17.7 Å². The van der Waals surface area contributed by atoms with Crippen LogP contribution in [0.25, 0.3) is 0 Å². The average molecular weight is 293 g/mol. The van der Waals surface area contributed by atoms with Crippen molar-refractivity contribution in [1.29, 1.82) is 0 Å². The van der Waals surface area contributed by atoms with Gasteiger partial charge in [-0.3, -0.25) is 4.79 Å². The van der Waals surface area contributed by atoms with Crippen molar-refractivity contribution in [1.82, 2.24) is 4.90 Å². The molecule has 1 atom stereocenters. The Morgan fingerprint density at radius 1 is 1.43 bits per heavy atom. The van der Waals surface area contributed by atoms with Gasteiger partial charge < -0.3 is 19.5 Å². The molecule has 1 fully saturated rings. The Hall–Kier alpha value is -2.08. The molecule has 0 bridgehead atoms. The van der Waals surface area contributed by atoms with Crippen molar-refractivity contribution in [2.24, 2.45) is 0 Å². The highest BCUT2D eigenvalue weighted by Crippen LogP contribution is 2.19. The van der Waals surface area contributed by atoms with Crippen LogP contribution in [0.3, 0.4) is 0 Å². The van der Waals surface area contributed by atoms with E-state index in [9.17, 15) is 9.59 Å². The largest absolute Gasteiger partial charge is 0.483 e. The summed E-state index contributed by atoms with van der Waals surface area (Å²) in [5.41, 5.74) is 2.06. The zero-order valence-electron chi connectivity index (χ0n) is 12.2. The van der Waals surface area contributed by atoms with E-state index in [1.165, 1.54) is 4.90 Å². The van der Waals surface area contributed by atoms with Gasteiger partial charge in [-0.2, -0.15) is 0 Å². The molecule has 1 amide bonds. The van der Waals surface area contributed by atoms with E-state index in [4.69, 9.17) is 14.6 Å². The quantitative estimate of drug-likeness (QED) is 0.896. The molecule has 1 aromatic carbocycles. The minimum atomic E-state index is -1.06. The second kappa shape index (κ2) is 6.58. The van der Waals surface area contributed by atoms with Gasteiger partial charge in [-0.05, 0) is 25.5 Å². The molecule has 6 nitrogen and oxygen atoms in total. The molecular weight excluding hydrogens is 274 g/mol. The second-order valence-electron chi connectivity index (χ2n) is 5.07. The van der Waals surface area contributed by atoms with Crippen LogP contribution in [-0.2, 0) is 14.3 Å². The van der Waals surface area contributed by atoms with Crippen molar-refractivity contribution >= 4 is 11.9 Å². The third kappa shape index (κ3) is 3.72. The number of nitrogens with zero attached hydrogens (tertiary/aromatic N) is 1. The highest BCUT2D eigenvalue weighted by Gasteiger charge is 2.32. The van der Waals surface area contributed by atoms with Crippen LogP contribution in [0, 0.1) is 13.8 Å². The summed E-state index contributed by atoms with van der Waals surface area (Å²) in [4.78, 5) is 24.6. The molecule has 0 aliphatic carbocycles. The van der Waals surface area contributed by atoms with Gasteiger partial charge in [0, 0.05) is 6.54 Å². The number of ether oxygens (including phenoxy) is 2. The zero-order valence-corrected chi connectivity index (χ0v) is 12.2. The minimum absolute atomic E-state index is 0.0185. The van der Waals surface area contributed by atoms with E-state index in [0.717, 1.165) is 11.1 Å². The van der Waals surface area contributed by atoms with E-state index in [-0.39, 0.29) is 25.7 Å². The highest BCUT2D eigenvalue weighted by atomic mass is 16.5. The normalized spacial score (nSPS) is 18.4. The summed E-state index contributed by atoms with van der Waals surface area (Å²) in [5.74, 6) is -0.769. The lowest BCUT2D eigenvalue weighted by molar-refractivity contribution is -0.159. The summed E-state index contributed by atoms with van der Waals surface area (Å²) in [6.07, 6.45) is 0.